The summed E-state index contributed by atoms with van der Waals surface area (Å²) in [6, 6.07) is 15.3. The fraction of sp³-hybridized carbons (Fsp3) is 0.318. The third-order valence-electron chi connectivity index (χ3n) is 5.46. The first-order valence-corrected chi connectivity index (χ1v) is 9.84. The molecule has 0 unspecified atom stereocenters. The summed E-state index contributed by atoms with van der Waals surface area (Å²) in [7, 11) is 1.26. The predicted molar refractivity (Wildman–Crippen MR) is 110 cm³/mol. The average molecular weight is 410 g/mol. The van der Waals surface area contributed by atoms with E-state index in [1.54, 1.807) is 12.1 Å². The van der Waals surface area contributed by atoms with Crippen molar-refractivity contribution in [1.29, 1.82) is 0 Å². The number of para-hydroxylation sites is 1. The summed E-state index contributed by atoms with van der Waals surface area (Å²) in [5.41, 5.74) is 1.34. The molecule has 2 heterocycles. The van der Waals surface area contributed by atoms with Gasteiger partial charge in [-0.3, -0.25) is 14.9 Å². The van der Waals surface area contributed by atoms with Gasteiger partial charge in [0.05, 0.1) is 12.8 Å². The lowest BCUT2D eigenvalue weighted by Gasteiger charge is -2.39. The summed E-state index contributed by atoms with van der Waals surface area (Å²) >= 11 is 0. The Labute approximate surface area is 174 Å². The molecule has 7 nitrogen and oxygen atoms in total. The predicted octanol–water partition coefficient (Wildman–Crippen LogP) is 1.96. The van der Waals surface area contributed by atoms with Crippen LogP contribution < -0.4 is 10.2 Å². The lowest BCUT2D eigenvalue weighted by atomic mass is 9.91. The van der Waals surface area contributed by atoms with Gasteiger partial charge < -0.3 is 14.5 Å². The van der Waals surface area contributed by atoms with Crippen LogP contribution in [0.3, 0.4) is 0 Å². The standard InChI is InChI=1S/C22H23FN4O3/c1-30-21(29)18-19(15-7-3-2-4-8-15)24-22(25-20(18)28)27-13-11-26(12-14-27)17-10-6-5-9-16(17)23/h2-10,18-19H,11-14H2,1H3,(H,24,25,28)/t18-,19-/m0/s1. The number of carbonyl (C=O) groups is 2. The molecule has 1 amide bonds. The van der Waals surface area contributed by atoms with Crippen molar-refractivity contribution in [2.75, 3.05) is 38.2 Å². The number of anilines is 1. The second-order valence-electron chi connectivity index (χ2n) is 7.22. The Hall–Kier alpha value is -3.42. The molecule has 2 atom stereocenters. The Morgan fingerprint density at radius 1 is 1.03 bits per heavy atom. The maximum atomic E-state index is 14.1. The van der Waals surface area contributed by atoms with Crippen molar-refractivity contribution in [3.63, 3.8) is 0 Å². The first-order valence-electron chi connectivity index (χ1n) is 9.84. The van der Waals surface area contributed by atoms with Gasteiger partial charge in [-0.2, -0.15) is 0 Å². The van der Waals surface area contributed by atoms with Gasteiger partial charge in [0, 0.05) is 26.2 Å². The van der Waals surface area contributed by atoms with E-state index in [2.05, 4.69) is 5.32 Å². The van der Waals surface area contributed by atoms with Crippen molar-refractivity contribution in [1.82, 2.24) is 10.2 Å². The van der Waals surface area contributed by atoms with Crippen LogP contribution in [0.2, 0.25) is 0 Å². The molecule has 0 aliphatic carbocycles. The Bertz CT molecular complexity index is 958. The zero-order chi connectivity index (χ0) is 21.1. The fourth-order valence-corrected chi connectivity index (χ4v) is 3.88. The number of ether oxygens (including phenoxy) is 1. The highest BCUT2D eigenvalue weighted by atomic mass is 19.1. The molecule has 0 saturated carbocycles. The first kappa shape index (κ1) is 19.9. The monoisotopic (exact) mass is 410 g/mol. The van der Waals surface area contributed by atoms with Gasteiger partial charge in [0.1, 0.15) is 11.9 Å². The Morgan fingerprint density at radius 2 is 1.67 bits per heavy atom. The van der Waals surface area contributed by atoms with Crippen LogP contribution >= 0.6 is 0 Å². The molecule has 0 spiro atoms. The normalized spacial score (nSPS) is 21.7. The van der Waals surface area contributed by atoms with Gasteiger partial charge >= 0.3 is 5.97 Å². The molecule has 1 N–H and O–H groups in total. The van der Waals surface area contributed by atoms with Gasteiger partial charge in [0.2, 0.25) is 11.9 Å². The minimum Gasteiger partial charge on any atom is -0.468 e. The topological polar surface area (TPSA) is 74.2 Å². The van der Waals surface area contributed by atoms with E-state index >= 15 is 0 Å². The number of guanidine groups is 1. The van der Waals surface area contributed by atoms with Gasteiger partial charge in [0.15, 0.2) is 5.92 Å². The molecule has 0 radical (unpaired) electrons. The number of halogens is 1. The molecular weight excluding hydrogens is 387 g/mol. The van der Waals surface area contributed by atoms with Crippen molar-refractivity contribution in [2.24, 2.45) is 10.9 Å². The van der Waals surface area contributed by atoms with E-state index in [9.17, 15) is 14.0 Å². The van der Waals surface area contributed by atoms with E-state index in [4.69, 9.17) is 9.73 Å². The molecule has 1 saturated heterocycles. The maximum absolute atomic E-state index is 14.1. The van der Waals surface area contributed by atoms with E-state index in [0.717, 1.165) is 5.56 Å². The van der Waals surface area contributed by atoms with Crippen LogP contribution in [0.15, 0.2) is 59.6 Å². The molecule has 2 aliphatic heterocycles. The van der Waals surface area contributed by atoms with E-state index in [1.807, 2.05) is 46.2 Å². The molecule has 156 valence electrons. The Kier molecular flexibility index (Phi) is 5.65. The van der Waals surface area contributed by atoms with Gasteiger partial charge in [-0.1, -0.05) is 42.5 Å². The maximum Gasteiger partial charge on any atom is 0.320 e. The summed E-state index contributed by atoms with van der Waals surface area (Å²) in [5.74, 6) is -1.91. The Morgan fingerprint density at radius 3 is 2.33 bits per heavy atom. The number of esters is 1. The molecule has 0 aromatic heterocycles. The van der Waals surface area contributed by atoms with Crippen molar-refractivity contribution >= 4 is 23.5 Å². The zero-order valence-corrected chi connectivity index (χ0v) is 16.6. The molecule has 2 aromatic carbocycles. The lowest BCUT2D eigenvalue weighted by Crippen LogP contribution is -2.57. The van der Waals surface area contributed by atoms with Crippen molar-refractivity contribution in [2.45, 2.75) is 6.04 Å². The van der Waals surface area contributed by atoms with Gasteiger partial charge in [-0.05, 0) is 17.7 Å². The van der Waals surface area contributed by atoms with Crippen LogP contribution in [0, 0.1) is 11.7 Å². The highest BCUT2D eigenvalue weighted by Gasteiger charge is 2.42. The SMILES string of the molecule is COC(=O)[C@@H]1C(=O)NC(N2CCN(c3ccccc3F)CC2)=N[C@H]1c1ccccc1. The number of benzene rings is 2. The molecule has 1 fully saturated rings. The fourth-order valence-electron chi connectivity index (χ4n) is 3.88. The molecule has 4 rings (SSSR count). The number of aliphatic imine (C=N–C) groups is 1. The zero-order valence-electron chi connectivity index (χ0n) is 16.6. The lowest BCUT2D eigenvalue weighted by molar-refractivity contribution is -0.151. The minimum atomic E-state index is -1.04. The summed E-state index contributed by atoms with van der Waals surface area (Å²) in [4.78, 5) is 33.7. The summed E-state index contributed by atoms with van der Waals surface area (Å²) in [6.07, 6.45) is 0. The average Bonchev–Trinajstić information content (AvgIpc) is 2.79. The number of amides is 1. The quantitative estimate of drug-likeness (QED) is 0.619. The summed E-state index contributed by atoms with van der Waals surface area (Å²) in [5, 5.41) is 2.76. The van der Waals surface area contributed by atoms with Crippen molar-refractivity contribution < 1.29 is 18.7 Å². The second kappa shape index (κ2) is 8.52. The van der Waals surface area contributed by atoms with Crippen LogP contribution in [-0.2, 0) is 14.3 Å². The number of nitrogens with zero attached hydrogens (tertiary/aromatic N) is 3. The van der Waals surface area contributed by atoms with E-state index in [0.29, 0.717) is 37.8 Å². The van der Waals surface area contributed by atoms with Crippen LogP contribution in [0.1, 0.15) is 11.6 Å². The van der Waals surface area contributed by atoms with Crippen LogP contribution in [0.25, 0.3) is 0 Å². The van der Waals surface area contributed by atoms with Crippen LogP contribution in [-0.4, -0.2) is 56.0 Å². The number of piperazine rings is 1. The van der Waals surface area contributed by atoms with E-state index in [1.165, 1.54) is 13.2 Å². The number of nitrogens with one attached hydrogen (secondary N) is 1. The molecule has 2 aromatic rings. The van der Waals surface area contributed by atoms with Crippen LogP contribution in [0.5, 0.6) is 0 Å². The third kappa shape index (κ3) is 3.85. The second-order valence-corrected chi connectivity index (χ2v) is 7.22. The van der Waals surface area contributed by atoms with Gasteiger partial charge in [-0.15, -0.1) is 0 Å². The molecule has 30 heavy (non-hydrogen) atoms. The highest BCUT2D eigenvalue weighted by Crippen LogP contribution is 2.31. The molecule has 0 bridgehead atoms. The Balaban J connectivity index is 1.55. The van der Waals surface area contributed by atoms with E-state index < -0.39 is 23.8 Å². The largest absolute Gasteiger partial charge is 0.468 e. The van der Waals surface area contributed by atoms with Crippen molar-refractivity contribution in [3.05, 3.63) is 66.0 Å². The van der Waals surface area contributed by atoms with Gasteiger partial charge in [-0.25, -0.2) is 9.38 Å². The molecule has 2 aliphatic rings. The minimum absolute atomic E-state index is 0.251. The highest BCUT2D eigenvalue weighted by molar-refractivity contribution is 6.08. The number of methoxy groups -OCH3 is 1. The number of hydrogen-bond donors (Lipinski definition) is 1. The molecule has 8 heteroatoms. The summed E-state index contributed by atoms with van der Waals surface area (Å²) in [6.45, 7) is 2.31. The van der Waals surface area contributed by atoms with Gasteiger partial charge in [0.25, 0.3) is 0 Å². The van der Waals surface area contributed by atoms with E-state index in [-0.39, 0.29) is 5.82 Å². The molecular formula is C22H23FN4O3. The first-order chi connectivity index (χ1) is 14.6. The number of hydrogen-bond acceptors (Lipinski definition) is 6. The van der Waals surface area contributed by atoms with Crippen LogP contribution in [0.4, 0.5) is 10.1 Å². The van der Waals surface area contributed by atoms with Crippen molar-refractivity contribution in [3.8, 4) is 0 Å². The summed E-state index contributed by atoms with van der Waals surface area (Å²) < 4.78 is 18.9. The number of carbonyl (C=O) groups excluding carboxylic acids is 2. The third-order valence-corrected chi connectivity index (χ3v) is 5.46. The smallest absolute Gasteiger partial charge is 0.320 e. The number of rotatable bonds is 3.